The van der Waals surface area contributed by atoms with E-state index < -0.39 is 23.1 Å². The number of benzene rings is 1. The van der Waals surface area contributed by atoms with Crippen molar-refractivity contribution in [2.45, 2.75) is 20.3 Å². The number of rotatable bonds is 4. The van der Waals surface area contributed by atoms with E-state index in [0.29, 0.717) is 0 Å². The Morgan fingerprint density at radius 3 is 2.21 bits per heavy atom. The number of carbonyl (C=O) groups excluding carboxylic acids is 1. The predicted molar refractivity (Wildman–Crippen MR) is 71.1 cm³/mol. The third-order valence-corrected chi connectivity index (χ3v) is 3.05. The third-order valence-electron chi connectivity index (χ3n) is 2.45. The molecular formula is C12H12Cl2FNO3. The standard InChI is InChI=1S/C12H12Cl2FNO3/c1-12(2,11(18)19)5-9(17)16-10-7(13)3-6(15)4-8(10)14/h3-4H,5H2,1-2H3,(H,16,17)(H,18,19). The van der Waals surface area contributed by atoms with Crippen molar-refractivity contribution in [3.8, 4) is 0 Å². The van der Waals surface area contributed by atoms with E-state index in [1.165, 1.54) is 13.8 Å². The maximum absolute atomic E-state index is 13.0. The number of carbonyl (C=O) groups is 2. The first-order valence-corrected chi connectivity index (χ1v) is 6.07. The number of hydrogen-bond acceptors (Lipinski definition) is 2. The smallest absolute Gasteiger partial charge is 0.309 e. The molecule has 1 aromatic rings. The molecule has 0 aliphatic rings. The van der Waals surface area contributed by atoms with E-state index in [4.69, 9.17) is 28.3 Å². The lowest BCUT2D eigenvalue weighted by Gasteiger charge is -2.18. The van der Waals surface area contributed by atoms with Crippen molar-refractivity contribution >= 4 is 40.8 Å². The minimum absolute atomic E-state index is 0.0496. The van der Waals surface area contributed by atoms with Crippen LogP contribution in [0.3, 0.4) is 0 Å². The molecule has 1 amide bonds. The summed E-state index contributed by atoms with van der Waals surface area (Å²) in [6, 6.07) is 2.01. The Balaban J connectivity index is 2.87. The molecule has 0 aliphatic carbocycles. The molecule has 0 radical (unpaired) electrons. The molecule has 0 spiro atoms. The van der Waals surface area contributed by atoms with Crippen LogP contribution in [0.25, 0.3) is 0 Å². The zero-order valence-corrected chi connectivity index (χ0v) is 11.8. The van der Waals surface area contributed by atoms with Gasteiger partial charge in [-0.2, -0.15) is 0 Å². The average Bonchev–Trinajstić information content (AvgIpc) is 2.22. The quantitative estimate of drug-likeness (QED) is 0.893. The van der Waals surface area contributed by atoms with Crippen molar-refractivity contribution in [2.75, 3.05) is 5.32 Å². The van der Waals surface area contributed by atoms with Crippen LogP contribution in [0.2, 0.25) is 10.0 Å². The van der Waals surface area contributed by atoms with Crippen LogP contribution in [0.4, 0.5) is 10.1 Å². The lowest BCUT2D eigenvalue weighted by Crippen LogP contribution is -2.29. The Labute approximate surface area is 119 Å². The number of carboxylic acids is 1. The van der Waals surface area contributed by atoms with E-state index in [0.717, 1.165) is 12.1 Å². The summed E-state index contributed by atoms with van der Waals surface area (Å²) < 4.78 is 13.0. The summed E-state index contributed by atoms with van der Waals surface area (Å²) in [5.41, 5.74) is -1.15. The van der Waals surface area contributed by atoms with Crippen LogP contribution in [0.15, 0.2) is 12.1 Å². The molecule has 7 heteroatoms. The first-order valence-electron chi connectivity index (χ1n) is 5.31. The van der Waals surface area contributed by atoms with Crippen molar-refractivity contribution in [1.29, 1.82) is 0 Å². The van der Waals surface area contributed by atoms with E-state index in [9.17, 15) is 14.0 Å². The van der Waals surface area contributed by atoms with Gasteiger partial charge in [0.1, 0.15) is 5.82 Å². The summed E-state index contributed by atoms with van der Waals surface area (Å²) in [7, 11) is 0. The van der Waals surface area contributed by atoms with Gasteiger partial charge in [-0.1, -0.05) is 23.2 Å². The van der Waals surface area contributed by atoms with Crippen molar-refractivity contribution in [3.05, 3.63) is 28.0 Å². The summed E-state index contributed by atoms with van der Waals surface area (Å²) in [6.07, 6.45) is -0.258. The van der Waals surface area contributed by atoms with E-state index >= 15 is 0 Å². The minimum Gasteiger partial charge on any atom is -0.481 e. The number of carboxylic acid groups (broad SMARTS) is 1. The van der Waals surface area contributed by atoms with E-state index in [-0.39, 0.29) is 22.2 Å². The maximum Gasteiger partial charge on any atom is 0.309 e. The summed E-state index contributed by atoms with van der Waals surface area (Å²) in [5, 5.41) is 11.2. The van der Waals surface area contributed by atoms with Crippen LogP contribution < -0.4 is 5.32 Å². The van der Waals surface area contributed by atoms with Crippen molar-refractivity contribution in [3.63, 3.8) is 0 Å². The number of nitrogens with one attached hydrogen (secondary N) is 1. The summed E-state index contributed by atoms with van der Waals surface area (Å²) in [5.74, 6) is -2.29. The van der Waals surface area contributed by atoms with Crippen molar-refractivity contribution < 1.29 is 19.1 Å². The maximum atomic E-state index is 13.0. The minimum atomic E-state index is -1.22. The molecule has 0 atom stereocenters. The van der Waals surface area contributed by atoms with Gasteiger partial charge in [0.15, 0.2) is 0 Å². The molecule has 0 heterocycles. The largest absolute Gasteiger partial charge is 0.481 e. The second-order valence-electron chi connectivity index (χ2n) is 4.66. The number of aliphatic carboxylic acids is 1. The lowest BCUT2D eigenvalue weighted by atomic mass is 9.89. The molecule has 1 aromatic carbocycles. The van der Waals surface area contributed by atoms with Crippen LogP contribution in [0.5, 0.6) is 0 Å². The molecule has 4 nitrogen and oxygen atoms in total. The number of hydrogen-bond donors (Lipinski definition) is 2. The highest BCUT2D eigenvalue weighted by atomic mass is 35.5. The summed E-state index contributed by atoms with van der Waals surface area (Å²) >= 11 is 11.5. The molecule has 0 saturated carbocycles. The van der Waals surface area contributed by atoms with E-state index in [1.54, 1.807) is 0 Å². The molecule has 104 valence electrons. The molecular weight excluding hydrogens is 296 g/mol. The van der Waals surface area contributed by atoms with Crippen LogP contribution in [-0.4, -0.2) is 17.0 Å². The third kappa shape index (κ3) is 4.08. The Hall–Kier alpha value is -1.33. The Morgan fingerprint density at radius 2 is 1.79 bits per heavy atom. The molecule has 0 fully saturated rings. The first-order chi connectivity index (χ1) is 8.63. The molecule has 0 saturated heterocycles. The van der Waals surface area contributed by atoms with Gasteiger partial charge in [0.2, 0.25) is 5.91 Å². The highest BCUT2D eigenvalue weighted by Crippen LogP contribution is 2.32. The van der Waals surface area contributed by atoms with Gasteiger partial charge < -0.3 is 10.4 Å². The van der Waals surface area contributed by atoms with Crippen LogP contribution in [-0.2, 0) is 9.59 Å². The van der Waals surface area contributed by atoms with Gasteiger partial charge >= 0.3 is 5.97 Å². The van der Waals surface area contributed by atoms with Gasteiger partial charge in [0.05, 0.1) is 21.1 Å². The monoisotopic (exact) mass is 307 g/mol. The predicted octanol–water partition coefficient (Wildman–Crippen LogP) is 3.57. The second-order valence-corrected chi connectivity index (χ2v) is 5.47. The van der Waals surface area contributed by atoms with Gasteiger partial charge in [-0.15, -0.1) is 0 Å². The van der Waals surface area contributed by atoms with Crippen LogP contribution in [0, 0.1) is 11.2 Å². The fraction of sp³-hybridized carbons (Fsp3) is 0.333. The van der Waals surface area contributed by atoms with E-state index in [2.05, 4.69) is 5.32 Å². The highest BCUT2D eigenvalue weighted by Gasteiger charge is 2.30. The SMILES string of the molecule is CC(C)(CC(=O)Nc1c(Cl)cc(F)cc1Cl)C(=O)O. The average molecular weight is 308 g/mol. The van der Waals surface area contributed by atoms with Crippen molar-refractivity contribution in [2.24, 2.45) is 5.41 Å². The van der Waals surface area contributed by atoms with Crippen molar-refractivity contribution in [1.82, 2.24) is 0 Å². The molecule has 0 aromatic heterocycles. The Bertz CT molecular complexity index is 509. The second kappa shape index (κ2) is 5.75. The van der Waals surface area contributed by atoms with Gasteiger partial charge in [0.25, 0.3) is 0 Å². The number of amides is 1. The molecule has 2 N–H and O–H groups in total. The normalized spacial score (nSPS) is 11.2. The molecule has 19 heavy (non-hydrogen) atoms. The summed E-state index contributed by atoms with van der Waals surface area (Å²) in [4.78, 5) is 22.6. The number of halogens is 3. The lowest BCUT2D eigenvalue weighted by molar-refractivity contribution is -0.148. The Kier molecular flexibility index (Phi) is 4.76. The zero-order valence-electron chi connectivity index (χ0n) is 10.3. The highest BCUT2D eigenvalue weighted by molar-refractivity contribution is 6.39. The topological polar surface area (TPSA) is 66.4 Å². The molecule has 0 aliphatic heterocycles. The van der Waals surface area contributed by atoms with Gasteiger partial charge in [-0.05, 0) is 26.0 Å². The zero-order chi connectivity index (χ0) is 14.8. The number of anilines is 1. The van der Waals surface area contributed by atoms with Crippen LogP contribution in [0.1, 0.15) is 20.3 Å². The molecule has 0 unspecified atom stereocenters. The van der Waals surface area contributed by atoms with Gasteiger partial charge in [0, 0.05) is 6.42 Å². The Morgan fingerprint density at radius 1 is 1.32 bits per heavy atom. The summed E-state index contributed by atoms with van der Waals surface area (Å²) in [6.45, 7) is 2.84. The van der Waals surface area contributed by atoms with Crippen LogP contribution >= 0.6 is 23.2 Å². The molecule has 1 rings (SSSR count). The van der Waals surface area contributed by atoms with Gasteiger partial charge in [-0.3, -0.25) is 9.59 Å². The van der Waals surface area contributed by atoms with E-state index in [1.807, 2.05) is 0 Å². The molecule has 0 bridgehead atoms. The fourth-order valence-corrected chi connectivity index (χ4v) is 1.88. The fourth-order valence-electron chi connectivity index (χ4n) is 1.32. The first kappa shape index (κ1) is 15.7. The van der Waals surface area contributed by atoms with Gasteiger partial charge in [-0.25, -0.2) is 4.39 Å².